The van der Waals surface area contributed by atoms with Crippen LogP contribution in [0.2, 0.25) is 0 Å². The van der Waals surface area contributed by atoms with Crippen molar-refractivity contribution in [3.05, 3.63) is 58.4 Å². The van der Waals surface area contributed by atoms with Gasteiger partial charge in [0.15, 0.2) is 17.4 Å². The van der Waals surface area contributed by atoms with Crippen LogP contribution >= 0.6 is 7.82 Å². The van der Waals surface area contributed by atoms with E-state index in [0.717, 1.165) is 5.56 Å². The van der Waals surface area contributed by atoms with E-state index in [-0.39, 0.29) is 11.2 Å². The smallest absolute Gasteiger partial charge is 0.387 e. The number of aryl methyl sites for hydroxylation is 2. The molecule has 5 N–H and O–H groups in total. The van der Waals surface area contributed by atoms with Crippen molar-refractivity contribution in [3.63, 3.8) is 0 Å². The Kier molecular flexibility index (Phi) is 6.04. The SMILES string of the molecule is O=c1[nH]c(CCc2ccccc2)nc2c1ncn2[C@H]1O[C@@H](COP(=O)(O)O)[C@H](O)[C@@H]1O. The van der Waals surface area contributed by atoms with Gasteiger partial charge < -0.3 is 29.7 Å². The number of aliphatic hydroxyl groups is 2. The molecule has 12 nitrogen and oxygen atoms in total. The molecular weight excluding hydrogens is 431 g/mol. The molecule has 1 fully saturated rings. The van der Waals surface area contributed by atoms with E-state index >= 15 is 0 Å². The molecule has 2 aromatic heterocycles. The van der Waals surface area contributed by atoms with Crippen LogP contribution < -0.4 is 5.56 Å². The summed E-state index contributed by atoms with van der Waals surface area (Å²) in [6, 6.07) is 9.67. The summed E-state index contributed by atoms with van der Waals surface area (Å²) in [7, 11) is -4.78. The van der Waals surface area contributed by atoms with Gasteiger partial charge >= 0.3 is 7.82 Å². The van der Waals surface area contributed by atoms with Gasteiger partial charge in [0.2, 0.25) is 0 Å². The van der Waals surface area contributed by atoms with Gasteiger partial charge in [-0.25, -0.2) is 14.5 Å². The lowest BCUT2D eigenvalue weighted by molar-refractivity contribution is -0.0504. The van der Waals surface area contributed by atoms with Crippen molar-refractivity contribution < 1.29 is 33.8 Å². The van der Waals surface area contributed by atoms with Crippen LogP contribution in [0.15, 0.2) is 41.5 Å². The van der Waals surface area contributed by atoms with E-state index in [1.807, 2.05) is 30.3 Å². The van der Waals surface area contributed by atoms with Crippen molar-refractivity contribution in [2.75, 3.05) is 6.61 Å². The fourth-order valence-electron chi connectivity index (χ4n) is 3.45. The Hall–Kier alpha value is -2.44. The third kappa shape index (κ3) is 4.75. The summed E-state index contributed by atoms with van der Waals surface area (Å²) < 4.78 is 22.1. The number of aliphatic hydroxyl groups excluding tert-OH is 2. The van der Waals surface area contributed by atoms with Crippen LogP contribution in [0.25, 0.3) is 11.2 Å². The molecule has 0 spiro atoms. The Balaban J connectivity index is 1.58. The minimum absolute atomic E-state index is 0.0312. The highest BCUT2D eigenvalue weighted by molar-refractivity contribution is 7.46. The topological polar surface area (TPSA) is 180 Å². The largest absolute Gasteiger partial charge is 0.469 e. The predicted molar refractivity (Wildman–Crippen MR) is 106 cm³/mol. The number of ether oxygens (including phenoxy) is 1. The van der Waals surface area contributed by atoms with Crippen LogP contribution in [0.1, 0.15) is 17.6 Å². The van der Waals surface area contributed by atoms with E-state index in [0.29, 0.717) is 18.7 Å². The number of imidazole rings is 1. The molecule has 31 heavy (non-hydrogen) atoms. The second kappa shape index (κ2) is 8.60. The molecule has 0 saturated carbocycles. The molecule has 0 amide bonds. The zero-order valence-corrected chi connectivity index (χ0v) is 17.0. The zero-order valence-electron chi connectivity index (χ0n) is 16.1. The van der Waals surface area contributed by atoms with Gasteiger partial charge in [-0.3, -0.25) is 13.9 Å². The minimum atomic E-state index is -4.78. The molecule has 1 saturated heterocycles. The van der Waals surface area contributed by atoms with Crippen molar-refractivity contribution in [2.45, 2.75) is 37.4 Å². The molecular formula is C18H21N4O8P. The molecule has 1 aliphatic rings. The molecule has 0 radical (unpaired) electrons. The highest BCUT2D eigenvalue weighted by atomic mass is 31.2. The fourth-order valence-corrected chi connectivity index (χ4v) is 3.79. The quantitative estimate of drug-likeness (QED) is 0.297. The van der Waals surface area contributed by atoms with Crippen molar-refractivity contribution in [1.82, 2.24) is 19.5 Å². The normalized spacial score (nSPS) is 24.1. The lowest BCUT2D eigenvalue weighted by Crippen LogP contribution is -2.33. The number of phosphoric acid groups is 1. The first-order chi connectivity index (χ1) is 14.7. The minimum Gasteiger partial charge on any atom is -0.387 e. The number of nitrogens with zero attached hydrogens (tertiary/aromatic N) is 3. The summed E-state index contributed by atoms with van der Waals surface area (Å²) in [5.41, 5.74) is 0.800. The Morgan fingerprint density at radius 1 is 1.16 bits per heavy atom. The number of rotatable bonds is 7. The fraction of sp³-hybridized carbons (Fsp3) is 0.389. The van der Waals surface area contributed by atoms with E-state index in [4.69, 9.17) is 14.5 Å². The van der Waals surface area contributed by atoms with E-state index in [2.05, 4.69) is 19.5 Å². The molecule has 4 rings (SSSR count). The summed E-state index contributed by atoms with van der Waals surface area (Å²) in [6.07, 6.45) is -2.97. The number of benzene rings is 1. The maximum Gasteiger partial charge on any atom is 0.469 e. The van der Waals surface area contributed by atoms with E-state index in [1.165, 1.54) is 10.9 Å². The van der Waals surface area contributed by atoms with Gasteiger partial charge in [-0.15, -0.1) is 0 Å². The number of hydrogen-bond acceptors (Lipinski definition) is 8. The Morgan fingerprint density at radius 3 is 2.61 bits per heavy atom. The van der Waals surface area contributed by atoms with Crippen molar-refractivity contribution in [1.29, 1.82) is 0 Å². The van der Waals surface area contributed by atoms with Crippen LogP contribution in [-0.4, -0.2) is 64.4 Å². The first kappa shape index (κ1) is 21.8. The van der Waals surface area contributed by atoms with Crippen molar-refractivity contribution in [3.8, 4) is 0 Å². The molecule has 1 aliphatic heterocycles. The highest BCUT2D eigenvalue weighted by Crippen LogP contribution is 2.38. The Morgan fingerprint density at radius 2 is 1.90 bits per heavy atom. The lowest BCUT2D eigenvalue weighted by atomic mass is 10.1. The van der Waals surface area contributed by atoms with Crippen LogP contribution in [0.3, 0.4) is 0 Å². The maximum atomic E-state index is 12.4. The summed E-state index contributed by atoms with van der Waals surface area (Å²) in [4.78, 5) is 41.3. The van der Waals surface area contributed by atoms with Gasteiger partial charge in [0.05, 0.1) is 12.9 Å². The second-order valence-corrected chi connectivity index (χ2v) is 8.39. The molecule has 13 heteroatoms. The average Bonchev–Trinajstić information content (AvgIpc) is 3.27. The third-order valence-corrected chi connectivity index (χ3v) is 5.48. The number of phosphoric ester groups is 1. The predicted octanol–water partition coefficient (Wildman–Crippen LogP) is -0.367. The monoisotopic (exact) mass is 452 g/mol. The van der Waals surface area contributed by atoms with Crippen LogP contribution in [0.4, 0.5) is 0 Å². The van der Waals surface area contributed by atoms with E-state index < -0.39 is 44.5 Å². The number of H-pyrrole nitrogens is 1. The molecule has 0 aliphatic carbocycles. The third-order valence-electron chi connectivity index (χ3n) is 4.99. The molecule has 1 aromatic carbocycles. The van der Waals surface area contributed by atoms with E-state index in [1.54, 1.807) is 0 Å². The standard InChI is InChI=1S/C18H21N4O8P/c23-14-11(8-29-31(26,27)28)30-18(15(14)24)22-9-19-13-16(22)20-12(21-17(13)25)7-6-10-4-2-1-3-5-10/h1-5,9,11,14-15,18,23-24H,6-8H2,(H,20,21,25)(H2,26,27,28)/t11-,14-,15-,18-/m0/s1. The van der Waals surface area contributed by atoms with Crippen LogP contribution in [0, 0.1) is 0 Å². The van der Waals surface area contributed by atoms with Crippen molar-refractivity contribution in [2.24, 2.45) is 0 Å². The molecule has 0 unspecified atom stereocenters. The average molecular weight is 452 g/mol. The van der Waals surface area contributed by atoms with Crippen LogP contribution in [-0.2, 0) is 26.7 Å². The van der Waals surface area contributed by atoms with Gasteiger partial charge in [-0.2, -0.15) is 0 Å². The molecule has 3 aromatic rings. The van der Waals surface area contributed by atoms with Gasteiger partial charge in [-0.1, -0.05) is 30.3 Å². The van der Waals surface area contributed by atoms with Gasteiger partial charge in [0.25, 0.3) is 5.56 Å². The van der Waals surface area contributed by atoms with E-state index in [9.17, 15) is 19.6 Å². The number of fused-ring (bicyclic) bond motifs is 1. The number of hydrogen-bond donors (Lipinski definition) is 5. The van der Waals surface area contributed by atoms with Gasteiger partial charge in [0.1, 0.15) is 24.1 Å². The van der Waals surface area contributed by atoms with Gasteiger partial charge in [0, 0.05) is 6.42 Å². The lowest BCUT2D eigenvalue weighted by Gasteiger charge is -2.16. The number of aromatic amines is 1. The molecule has 166 valence electrons. The van der Waals surface area contributed by atoms with Crippen LogP contribution in [0.5, 0.6) is 0 Å². The molecule has 0 bridgehead atoms. The molecule has 3 heterocycles. The first-order valence-corrected chi connectivity index (χ1v) is 11.0. The highest BCUT2D eigenvalue weighted by Gasteiger charge is 2.45. The Labute approximate surface area is 175 Å². The number of aromatic nitrogens is 4. The maximum absolute atomic E-state index is 12.4. The summed E-state index contributed by atoms with van der Waals surface area (Å²) in [5.74, 6) is 0.414. The molecule has 4 atom stereocenters. The summed E-state index contributed by atoms with van der Waals surface area (Å²) in [6.45, 7) is -0.637. The Bertz CT molecular complexity index is 1160. The second-order valence-electron chi connectivity index (χ2n) is 7.15. The van der Waals surface area contributed by atoms with Gasteiger partial charge in [-0.05, 0) is 12.0 Å². The first-order valence-electron chi connectivity index (χ1n) is 9.44. The zero-order chi connectivity index (χ0) is 22.2. The summed E-state index contributed by atoms with van der Waals surface area (Å²) >= 11 is 0. The van der Waals surface area contributed by atoms with Crippen molar-refractivity contribution >= 4 is 19.0 Å². The summed E-state index contributed by atoms with van der Waals surface area (Å²) in [5, 5.41) is 20.6. The number of nitrogens with one attached hydrogen (secondary N) is 1.